The Balaban J connectivity index is 1.82. The van der Waals surface area contributed by atoms with Gasteiger partial charge in [0.2, 0.25) is 11.8 Å². The molecule has 2 heterocycles. The predicted molar refractivity (Wildman–Crippen MR) is 81.3 cm³/mol. The molecule has 1 aliphatic heterocycles. The van der Waals surface area contributed by atoms with Crippen LogP contribution in [0.25, 0.3) is 0 Å². The van der Waals surface area contributed by atoms with Crippen molar-refractivity contribution in [3.63, 3.8) is 0 Å². The zero-order valence-electron chi connectivity index (χ0n) is 11.3. The van der Waals surface area contributed by atoms with Crippen molar-refractivity contribution in [3.05, 3.63) is 20.8 Å². The van der Waals surface area contributed by atoms with Crippen LogP contribution in [0.5, 0.6) is 0 Å². The lowest BCUT2D eigenvalue weighted by molar-refractivity contribution is -0.150. The maximum absolute atomic E-state index is 12.6. The summed E-state index contributed by atoms with van der Waals surface area (Å²) >= 11 is 5.04. The maximum atomic E-state index is 12.6. The van der Waals surface area contributed by atoms with Crippen LogP contribution in [-0.2, 0) is 16.1 Å². The maximum Gasteiger partial charge on any atom is 0.246 e. The summed E-state index contributed by atoms with van der Waals surface area (Å²) in [6.07, 6.45) is 2.75. The highest BCUT2D eigenvalue weighted by atomic mass is 79.9. The zero-order chi connectivity index (χ0) is 14.3. The lowest BCUT2D eigenvalue weighted by Gasteiger charge is -2.38. The number of amides is 2. The third-order valence-electron chi connectivity index (χ3n) is 3.95. The Hall–Kier alpha value is -0.880. The Labute approximate surface area is 130 Å². The van der Waals surface area contributed by atoms with Crippen molar-refractivity contribution >= 4 is 39.1 Å². The summed E-state index contributed by atoms with van der Waals surface area (Å²) in [6.45, 7) is 2.48. The van der Waals surface area contributed by atoms with Crippen molar-refractivity contribution in [1.82, 2.24) is 10.2 Å². The van der Waals surface area contributed by atoms with Gasteiger partial charge in [0.25, 0.3) is 0 Å². The van der Waals surface area contributed by atoms with Crippen molar-refractivity contribution in [2.24, 2.45) is 5.92 Å². The van der Waals surface area contributed by atoms with E-state index < -0.39 is 0 Å². The molecular formula is C14H17BrN2O2S. The molecule has 2 aliphatic rings. The van der Waals surface area contributed by atoms with E-state index >= 15 is 0 Å². The van der Waals surface area contributed by atoms with E-state index in [1.54, 1.807) is 16.2 Å². The van der Waals surface area contributed by atoms with Crippen LogP contribution in [0.4, 0.5) is 0 Å². The Kier molecular flexibility index (Phi) is 3.86. The van der Waals surface area contributed by atoms with Gasteiger partial charge in [0, 0.05) is 14.7 Å². The number of rotatable bonds is 4. The second kappa shape index (κ2) is 5.48. The Morgan fingerprint density at radius 1 is 1.45 bits per heavy atom. The molecule has 20 heavy (non-hydrogen) atoms. The highest BCUT2D eigenvalue weighted by molar-refractivity contribution is 9.10. The van der Waals surface area contributed by atoms with Crippen LogP contribution in [-0.4, -0.2) is 28.8 Å². The van der Waals surface area contributed by atoms with Gasteiger partial charge in [0.05, 0.1) is 6.54 Å². The van der Waals surface area contributed by atoms with E-state index in [0.29, 0.717) is 18.9 Å². The van der Waals surface area contributed by atoms with Crippen LogP contribution in [0.3, 0.4) is 0 Å². The number of carbonyl (C=O) groups excluding carboxylic acids is 2. The summed E-state index contributed by atoms with van der Waals surface area (Å²) in [6, 6.07) is 1.38. The van der Waals surface area contributed by atoms with Gasteiger partial charge in [0.1, 0.15) is 12.1 Å². The molecule has 0 radical (unpaired) electrons. The number of halogens is 1. The second-order valence-electron chi connectivity index (χ2n) is 5.45. The summed E-state index contributed by atoms with van der Waals surface area (Å²) in [5, 5.41) is 4.92. The molecule has 1 N–H and O–H groups in total. The molecule has 2 atom stereocenters. The van der Waals surface area contributed by atoms with Crippen LogP contribution in [0.2, 0.25) is 0 Å². The fourth-order valence-corrected chi connectivity index (χ4v) is 4.18. The molecule has 4 nitrogen and oxygen atoms in total. The van der Waals surface area contributed by atoms with Gasteiger partial charge >= 0.3 is 0 Å². The normalized spacial score (nSPS) is 26.8. The lowest BCUT2D eigenvalue weighted by Crippen LogP contribution is -2.63. The highest BCUT2D eigenvalue weighted by Crippen LogP contribution is 2.36. The SMILES string of the molecule is CCC1C(=O)NC(C2CC2)C(=O)N1Cc1cc(Br)cs1. The molecule has 0 aromatic carbocycles. The number of hydrogen-bond acceptors (Lipinski definition) is 3. The molecule has 1 aromatic heterocycles. The smallest absolute Gasteiger partial charge is 0.246 e. The number of carbonyl (C=O) groups is 2. The first-order chi connectivity index (χ1) is 9.60. The molecule has 1 saturated heterocycles. The summed E-state index contributed by atoms with van der Waals surface area (Å²) in [7, 11) is 0. The fraction of sp³-hybridized carbons (Fsp3) is 0.571. The summed E-state index contributed by atoms with van der Waals surface area (Å²) in [5.74, 6) is 0.435. The first kappa shape index (κ1) is 14.1. The molecule has 2 amide bonds. The monoisotopic (exact) mass is 356 g/mol. The molecule has 0 spiro atoms. The van der Waals surface area contributed by atoms with E-state index in [1.807, 2.05) is 18.4 Å². The fourth-order valence-electron chi connectivity index (χ4n) is 2.73. The van der Waals surface area contributed by atoms with E-state index in [1.165, 1.54) is 0 Å². The molecule has 2 fully saturated rings. The van der Waals surface area contributed by atoms with Gasteiger partial charge in [-0.05, 0) is 47.2 Å². The molecule has 2 unspecified atom stereocenters. The summed E-state index contributed by atoms with van der Waals surface area (Å²) in [4.78, 5) is 27.7. The van der Waals surface area contributed by atoms with Crippen LogP contribution in [0.1, 0.15) is 31.1 Å². The molecule has 1 aliphatic carbocycles. The van der Waals surface area contributed by atoms with Crippen molar-refractivity contribution in [2.45, 2.75) is 44.8 Å². The topological polar surface area (TPSA) is 49.4 Å². The number of nitrogens with zero attached hydrogens (tertiary/aromatic N) is 1. The van der Waals surface area contributed by atoms with E-state index in [0.717, 1.165) is 22.2 Å². The molecule has 3 rings (SSSR count). The van der Waals surface area contributed by atoms with Crippen molar-refractivity contribution in [3.8, 4) is 0 Å². The average Bonchev–Trinajstić information content (AvgIpc) is 3.17. The van der Waals surface area contributed by atoms with E-state index in [9.17, 15) is 9.59 Å². The minimum Gasteiger partial charge on any atom is -0.342 e. The molecular weight excluding hydrogens is 340 g/mol. The number of piperazine rings is 1. The molecule has 1 saturated carbocycles. The molecule has 0 bridgehead atoms. The second-order valence-corrected chi connectivity index (χ2v) is 7.36. The first-order valence-electron chi connectivity index (χ1n) is 6.94. The minimum atomic E-state index is -0.335. The first-order valence-corrected chi connectivity index (χ1v) is 8.61. The van der Waals surface area contributed by atoms with Gasteiger partial charge in [-0.3, -0.25) is 9.59 Å². The average molecular weight is 357 g/mol. The quantitative estimate of drug-likeness (QED) is 0.900. The number of nitrogens with one attached hydrogen (secondary N) is 1. The molecule has 1 aromatic rings. The predicted octanol–water partition coefficient (Wildman–Crippen LogP) is 2.53. The van der Waals surface area contributed by atoms with E-state index in [-0.39, 0.29) is 23.9 Å². The molecule has 108 valence electrons. The summed E-state index contributed by atoms with van der Waals surface area (Å²) < 4.78 is 1.03. The summed E-state index contributed by atoms with van der Waals surface area (Å²) in [5.41, 5.74) is 0. The van der Waals surface area contributed by atoms with E-state index in [4.69, 9.17) is 0 Å². The Morgan fingerprint density at radius 3 is 2.75 bits per heavy atom. The van der Waals surface area contributed by atoms with Crippen LogP contribution in [0.15, 0.2) is 15.9 Å². The number of hydrogen-bond donors (Lipinski definition) is 1. The lowest BCUT2D eigenvalue weighted by atomic mass is 10.0. The van der Waals surface area contributed by atoms with Crippen LogP contribution < -0.4 is 5.32 Å². The highest BCUT2D eigenvalue weighted by Gasteiger charge is 2.46. The van der Waals surface area contributed by atoms with Crippen molar-refractivity contribution < 1.29 is 9.59 Å². The van der Waals surface area contributed by atoms with Crippen LogP contribution >= 0.6 is 27.3 Å². The Morgan fingerprint density at radius 2 is 2.20 bits per heavy atom. The largest absolute Gasteiger partial charge is 0.342 e. The molecule has 6 heteroatoms. The Bertz CT molecular complexity index is 541. The van der Waals surface area contributed by atoms with E-state index in [2.05, 4.69) is 21.2 Å². The van der Waals surface area contributed by atoms with Crippen LogP contribution in [0, 0.1) is 5.92 Å². The van der Waals surface area contributed by atoms with Crippen molar-refractivity contribution in [2.75, 3.05) is 0 Å². The van der Waals surface area contributed by atoms with Gasteiger partial charge in [0.15, 0.2) is 0 Å². The minimum absolute atomic E-state index is 0.000350. The third kappa shape index (κ3) is 2.63. The van der Waals surface area contributed by atoms with Crippen molar-refractivity contribution in [1.29, 1.82) is 0 Å². The van der Waals surface area contributed by atoms with Gasteiger partial charge < -0.3 is 10.2 Å². The van der Waals surface area contributed by atoms with Gasteiger partial charge in [-0.25, -0.2) is 0 Å². The zero-order valence-corrected chi connectivity index (χ0v) is 13.7. The van der Waals surface area contributed by atoms with Gasteiger partial charge in [-0.15, -0.1) is 11.3 Å². The standard InChI is InChI=1S/C14H17BrN2O2S/c1-2-11-13(18)16-12(8-3-4-8)14(19)17(11)6-10-5-9(15)7-20-10/h5,7-8,11-12H,2-4,6H2,1H3,(H,16,18). The van der Waals surface area contributed by atoms with Gasteiger partial charge in [-0.2, -0.15) is 0 Å². The van der Waals surface area contributed by atoms with Gasteiger partial charge in [-0.1, -0.05) is 6.92 Å². The number of thiophene rings is 1. The third-order valence-corrected chi connectivity index (χ3v) is 5.64.